The van der Waals surface area contributed by atoms with Crippen molar-refractivity contribution < 1.29 is 4.79 Å². The van der Waals surface area contributed by atoms with E-state index in [2.05, 4.69) is 5.10 Å². The fraction of sp³-hybridized carbons (Fsp3) is 0. The molecule has 0 fully saturated rings. The third-order valence-electron chi connectivity index (χ3n) is 4.30. The maximum atomic E-state index is 12.6. The molecule has 0 saturated heterocycles. The molecule has 2 heterocycles. The van der Waals surface area contributed by atoms with Crippen LogP contribution in [0.1, 0.15) is 5.56 Å². The minimum atomic E-state index is -0.482. The zero-order valence-electron chi connectivity index (χ0n) is 15.0. The average molecular weight is 423 g/mol. The largest absolute Gasteiger partial charge is 0.382 e. The van der Waals surface area contributed by atoms with Gasteiger partial charge in [-0.2, -0.15) is 10.1 Å². The first-order valence-corrected chi connectivity index (χ1v) is 9.34. The lowest BCUT2D eigenvalue weighted by atomic mass is 10.1. The Morgan fingerprint density at radius 3 is 2.41 bits per heavy atom. The molecule has 1 aliphatic rings. The second-order valence-corrected chi connectivity index (χ2v) is 7.07. The molecule has 0 aliphatic carbocycles. The van der Waals surface area contributed by atoms with Crippen LogP contribution in [-0.4, -0.2) is 31.6 Å². The Kier molecular flexibility index (Phi) is 4.87. The number of hydrazone groups is 1. The molecule has 9 heteroatoms. The van der Waals surface area contributed by atoms with E-state index in [9.17, 15) is 4.79 Å². The Bertz CT molecular complexity index is 1170. The highest BCUT2D eigenvalue weighted by atomic mass is 35.5. The molecule has 3 aromatic rings. The summed E-state index contributed by atoms with van der Waals surface area (Å²) in [6.07, 6.45) is 3.45. The van der Waals surface area contributed by atoms with E-state index in [1.165, 1.54) is 0 Å². The van der Waals surface area contributed by atoms with Gasteiger partial charge in [-0.15, -0.1) is 5.10 Å². The summed E-state index contributed by atoms with van der Waals surface area (Å²) in [6, 6.07) is 16.9. The number of amidine groups is 1. The van der Waals surface area contributed by atoms with Gasteiger partial charge in [-0.3, -0.25) is 4.79 Å². The van der Waals surface area contributed by atoms with Crippen LogP contribution in [0, 0.1) is 0 Å². The van der Waals surface area contributed by atoms with Gasteiger partial charge in [0.05, 0.1) is 17.0 Å². The lowest BCUT2D eigenvalue weighted by Crippen LogP contribution is -2.33. The van der Waals surface area contributed by atoms with Crippen LogP contribution in [-0.2, 0) is 4.79 Å². The van der Waals surface area contributed by atoms with Crippen LogP contribution in [0.2, 0.25) is 5.02 Å². The van der Waals surface area contributed by atoms with Gasteiger partial charge < -0.3 is 11.5 Å². The molecule has 1 aromatic heterocycles. The summed E-state index contributed by atoms with van der Waals surface area (Å²) < 4.78 is 1.73. The maximum Gasteiger partial charge on any atom is 0.284 e. The predicted octanol–water partition coefficient (Wildman–Crippen LogP) is 2.93. The Balaban J connectivity index is 1.85. The number of carbonyl (C=O) groups excluding carboxylic acids is 1. The van der Waals surface area contributed by atoms with E-state index in [1.54, 1.807) is 22.9 Å². The maximum absolute atomic E-state index is 12.6. The van der Waals surface area contributed by atoms with E-state index >= 15 is 0 Å². The molecule has 144 valence electrons. The molecule has 1 aliphatic heterocycles. The zero-order chi connectivity index (χ0) is 20.5. The summed E-state index contributed by atoms with van der Waals surface area (Å²) in [7, 11) is 0. The predicted molar refractivity (Wildman–Crippen MR) is 117 cm³/mol. The first kappa shape index (κ1) is 18.9. The quantitative estimate of drug-likeness (QED) is 0.499. The fourth-order valence-corrected chi connectivity index (χ4v) is 3.16. The van der Waals surface area contributed by atoms with Crippen molar-refractivity contribution in [1.82, 2.24) is 14.8 Å². The molecule has 0 unspecified atom stereocenters. The number of nitrogens with zero attached hydrogens (tertiary/aromatic N) is 4. The second-order valence-electron chi connectivity index (χ2n) is 6.22. The molecule has 4 rings (SSSR count). The Morgan fingerprint density at radius 1 is 1.10 bits per heavy atom. The summed E-state index contributed by atoms with van der Waals surface area (Å²) in [6.45, 7) is 0. The van der Waals surface area contributed by atoms with Crippen molar-refractivity contribution in [2.45, 2.75) is 0 Å². The number of amides is 1. The smallest absolute Gasteiger partial charge is 0.284 e. The fourth-order valence-electron chi connectivity index (χ4n) is 2.91. The van der Waals surface area contributed by atoms with Crippen LogP contribution in [0.5, 0.6) is 0 Å². The van der Waals surface area contributed by atoms with Gasteiger partial charge in [-0.05, 0) is 42.6 Å². The highest BCUT2D eigenvalue weighted by Crippen LogP contribution is 2.28. The molecule has 0 bridgehead atoms. The van der Waals surface area contributed by atoms with Crippen LogP contribution < -0.4 is 11.5 Å². The third kappa shape index (κ3) is 3.63. The SMILES string of the molecule is NC(=S)N1N=C(N)/C(=C\c2cn(-c3ccccc3)nc2-c2ccc(Cl)cc2)C1=O. The van der Waals surface area contributed by atoms with Crippen LogP contribution in [0.15, 0.2) is 71.5 Å². The summed E-state index contributed by atoms with van der Waals surface area (Å²) >= 11 is 10.9. The molecule has 4 N–H and O–H groups in total. The number of benzene rings is 2. The molecular formula is C20H15ClN6OS. The molecular weight excluding hydrogens is 408 g/mol. The Morgan fingerprint density at radius 2 is 1.79 bits per heavy atom. The summed E-state index contributed by atoms with van der Waals surface area (Å²) in [5.41, 5.74) is 14.7. The van der Waals surface area contributed by atoms with Gasteiger partial charge in [0.2, 0.25) is 0 Å². The van der Waals surface area contributed by atoms with Gasteiger partial charge in [-0.25, -0.2) is 4.68 Å². The molecule has 29 heavy (non-hydrogen) atoms. The van der Waals surface area contributed by atoms with Crippen molar-refractivity contribution >= 4 is 46.8 Å². The van der Waals surface area contributed by atoms with Gasteiger partial charge in [-0.1, -0.05) is 41.9 Å². The van der Waals surface area contributed by atoms with E-state index in [0.29, 0.717) is 16.3 Å². The molecule has 0 radical (unpaired) electrons. The van der Waals surface area contributed by atoms with Gasteiger partial charge in [0, 0.05) is 22.3 Å². The second kappa shape index (κ2) is 7.50. The number of thiocarbonyl (C=S) groups is 1. The number of para-hydroxylation sites is 1. The Labute approximate surface area is 176 Å². The monoisotopic (exact) mass is 422 g/mol. The number of nitrogens with two attached hydrogens (primary N) is 2. The minimum absolute atomic E-state index is 0.0392. The van der Waals surface area contributed by atoms with Gasteiger partial charge in [0.25, 0.3) is 5.91 Å². The summed E-state index contributed by atoms with van der Waals surface area (Å²) in [4.78, 5) is 12.6. The minimum Gasteiger partial charge on any atom is -0.382 e. The van der Waals surface area contributed by atoms with Crippen molar-refractivity contribution in [3.05, 3.63) is 77.0 Å². The first-order valence-electron chi connectivity index (χ1n) is 8.55. The molecule has 0 atom stereocenters. The Hall–Kier alpha value is -3.49. The standard InChI is InChI=1S/C20H15ClN6OS/c21-14-8-6-12(7-9-14)17-13(11-26(24-17)15-4-2-1-3-5-15)10-16-18(22)25-27(19(16)28)20(23)29/h1-11H,(H2,22,25)(H2,23,29)/b16-10+. The average Bonchev–Trinajstić information content (AvgIpc) is 3.26. The van der Waals surface area contributed by atoms with E-state index < -0.39 is 5.91 Å². The number of carbonyl (C=O) groups is 1. The topological polar surface area (TPSA) is 103 Å². The van der Waals surface area contributed by atoms with Crippen molar-refractivity contribution in [3.8, 4) is 16.9 Å². The summed E-state index contributed by atoms with van der Waals surface area (Å²) in [5.74, 6) is -0.443. The zero-order valence-corrected chi connectivity index (χ0v) is 16.6. The van der Waals surface area contributed by atoms with Gasteiger partial charge in [0.15, 0.2) is 10.9 Å². The third-order valence-corrected chi connectivity index (χ3v) is 4.72. The number of rotatable bonds is 3. The lowest BCUT2D eigenvalue weighted by Gasteiger charge is -2.07. The van der Waals surface area contributed by atoms with E-state index in [4.69, 9.17) is 40.4 Å². The number of halogens is 1. The van der Waals surface area contributed by atoms with Crippen molar-refractivity contribution in [3.63, 3.8) is 0 Å². The van der Waals surface area contributed by atoms with E-state index in [-0.39, 0.29) is 16.5 Å². The number of hydrogen-bond donors (Lipinski definition) is 2. The lowest BCUT2D eigenvalue weighted by molar-refractivity contribution is -0.122. The van der Waals surface area contributed by atoms with Crippen molar-refractivity contribution in [2.24, 2.45) is 16.6 Å². The van der Waals surface area contributed by atoms with Crippen LogP contribution >= 0.6 is 23.8 Å². The molecule has 2 aromatic carbocycles. The van der Waals surface area contributed by atoms with E-state index in [1.807, 2.05) is 48.7 Å². The highest BCUT2D eigenvalue weighted by Gasteiger charge is 2.30. The summed E-state index contributed by atoms with van der Waals surface area (Å²) in [5, 5.41) is 9.98. The first-order chi connectivity index (χ1) is 13.9. The number of aromatic nitrogens is 2. The van der Waals surface area contributed by atoms with Crippen LogP contribution in [0.3, 0.4) is 0 Å². The molecule has 7 nitrogen and oxygen atoms in total. The molecule has 0 spiro atoms. The van der Waals surface area contributed by atoms with Crippen molar-refractivity contribution in [2.75, 3.05) is 0 Å². The molecule has 0 saturated carbocycles. The van der Waals surface area contributed by atoms with Crippen molar-refractivity contribution in [1.29, 1.82) is 0 Å². The van der Waals surface area contributed by atoms with Gasteiger partial charge in [0.1, 0.15) is 0 Å². The van der Waals surface area contributed by atoms with E-state index in [0.717, 1.165) is 16.3 Å². The van der Waals surface area contributed by atoms with Gasteiger partial charge >= 0.3 is 0 Å². The van der Waals surface area contributed by atoms with Crippen LogP contribution in [0.25, 0.3) is 23.0 Å². The van der Waals surface area contributed by atoms with Crippen LogP contribution in [0.4, 0.5) is 0 Å². The molecule has 1 amide bonds. The normalized spacial score (nSPS) is 15.1. The number of hydrogen-bond acceptors (Lipinski definition) is 5. The highest BCUT2D eigenvalue weighted by molar-refractivity contribution is 7.80.